The summed E-state index contributed by atoms with van der Waals surface area (Å²) < 4.78 is 0. The summed E-state index contributed by atoms with van der Waals surface area (Å²) in [6.45, 7) is 1.84. The number of carboxylic acid groups (broad SMARTS) is 1. The van der Waals surface area contributed by atoms with Crippen molar-refractivity contribution < 1.29 is 9.90 Å². The van der Waals surface area contributed by atoms with E-state index in [2.05, 4.69) is 15.0 Å². The number of carbonyl (C=O) groups is 1. The molecule has 0 unspecified atom stereocenters. The molecule has 0 saturated heterocycles. The molecular formula is C8H7N3O2. The summed E-state index contributed by atoms with van der Waals surface area (Å²) in [6.07, 6.45) is 3.20. The van der Waals surface area contributed by atoms with Gasteiger partial charge < -0.3 is 10.1 Å². The van der Waals surface area contributed by atoms with Gasteiger partial charge in [0.15, 0.2) is 0 Å². The van der Waals surface area contributed by atoms with Gasteiger partial charge in [-0.05, 0) is 12.5 Å². The van der Waals surface area contributed by atoms with E-state index >= 15 is 0 Å². The SMILES string of the molecule is Cc1cncc2[nH]c(C(=O)O)nc12. The van der Waals surface area contributed by atoms with Crippen molar-refractivity contribution in [2.75, 3.05) is 0 Å². The fraction of sp³-hybridized carbons (Fsp3) is 0.125. The van der Waals surface area contributed by atoms with Crippen molar-refractivity contribution in [3.63, 3.8) is 0 Å². The lowest BCUT2D eigenvalue weighted by atomic mass is 10.3. The minimum Gasteiger partial charge on any atom is -0.475 e. The lowest BCUT2D eigenvalue weighted by Gasteiger charge is -1.89. The van der Waals surface area contributed by atoms with E-state index in [4.69, 9.17) is 5.11 Å². The Balaban J connectivity index is 2.75. The van der Waals surface area contributed by atoms with E-state index in [0.29, 0.717) is 11.0 Å². The Morgan fingerprint density at radius 2 is 2.31 bits per heavy atom. The maximum Gasteiger partial charge on any atom is 0.371 e. The van der Waals surface area contributed by atoms with Crippen LogP contribution >= 0.6 is 0 Å². The molecular weight excluding hydrogens is 170 g/mol. The van der Waals surface area contributed by atoms with Crippen LogP contribution in [0.3, 0.4) is 0 Å². The Hall–Kier alpha value is -1.91. The molecule has 5 nitrogen and oxygen atoms in total. The van der Waals surface area contributed by atoms with Gasteiger partial charge in [-0.15, -0.1) is 0 Å². The number of nitrogens with zero attached hydrogens (tertiary/aromatic N) is 2. The molecule has 0 amide bonds. The number of aromatic nitrogens is 3. The molecule has 0 saturated carbocycles. The zero-order chi connectivity index (χ0) is 9.42. The topological polar surface area (TPSA) is 78.9 Å². The minimum absolute atomic E-state index is 0.0499. The molecule has 0 aliphatic carbocycles. The second-order valence-electron chi connectivity index (χ2n) is 2.74. The van der Waals surface area contributed by atoms with E-state index < -0.39 is 5.97 Å². The summed E-state index contributed by atoms with van der Waals surface area (Å²) in [4.78, 5) is 21.1. The van der Waals surface area contributed by atoms with Gasteiger partial charge in [-0.1, -0.05) is 0 Å². The molecule has 2 aromatic rings. The van der Waals surface area contributed by atoms with Crippen molar-refractivity contribution in [1.82, 2.24) is 15.0 Å². The van der Waals surface area contributed by atoms with Crippen LogP contribution in [0.5, 0.6) is 0 Å². The van der Waals surface area contributed by atoms with Crippen molar-refractivity contribution >= 4 is 17.0 Å². The van der Waals surface area contributed by atoms with Crippen molar-refractivity contribution in [3.05, 3.63) is 23.8 Å². The number of pyridine rings is 1. The van der Waals surface area contributed by atoms with E-state index in [-0.39, 0.29) is 5.82 Å². The van der Waals surface area contributed by atoms with Gasteiger partial charge in [0.1, 0.15) is 0 Å². The number of hydrogen-bond acceptors (Lipinski definition) is 3. The molecule has 2 rings (SSSR count). The highest BCUT2D eigenvalue weighted by Gasteiger charge is 2.10. The van der Waals surface area contributed by atoms with E-state index in [9.17, 15) is 4.79 Å². The predicted octanol–water partition coefficient (Wildman–Crippen LogP) is 0.965. The molecule has 0 bridgehead atoms. The number of carboxylic acids is 1. The Labute approximate surface area is 73.4 Å². The molecule has 66 valence electrons. The fourth-order valence-electron chi connectivity index (χ4n) is 1.17. The van der Waals surface area contributed by atoms with Crippen LogP contribution in [0.2, 0.25) is 0 Å². The molecule has 0 spiro atoms. The normalized spacial score (nSPS) is 10.5. The third-order valence-electron chi connectivity index (χ3n) is 1.78. The molecule has 0 radical (unpaired) electrons. The first kappa shape index (κ1) is 7.72. The van der Waals surface area contributed by atoms with Crippen LogP contribution in [0.15, 0.2) is 12.4 Å². The summed E-state index contributed by atoms with van der Waals surface area (Å²) in [7, 11) is 0. The highest BCUT2D eigenvalue weighted by atomic mass is 16.4. The van der Waals surface area contributed by atoms with Gasteiger partial charge in [0, 0.05) is 6.20 Å². The Bertz CT molecular complexity index is 475. The number of H-pyrrole nitrogens is 1. The van der Waals surface area contributed by atoms with Gasteiger partial charge in [-0.2, -0.15) is 0 Å². The van der Waals surface area contributed by atoms with Crippen molar-refractivity contribution in [2.45, 2.75) is 6.92 Å². The van der Waals surface area contributed by atoms with Crippen molar-refractivity contribution in [3.8, 4) is 0 Å². The summed E-state index contributed by atoms with van der Waals surface area (Å²) in [5, 5.41) is 8.66. The average Bonchev–Trinajstić information content (AvgIpc) is 2.49. The number of nitrogens with one attached hydrogen (secondary N) is 1. The fourth-order valence-corrected chi connectivity index (χ4v) is 1.17. The second kappa shape index (κ2) is 2.55. The smallest absolute Gasteiger partial charge is 0.371 e. The van der Waals surface area contributed by atoms with Gasteiger partial charge in [0.05, 0.1) is 17.2 Å². The Morgan fingerprint density at radius 3 is 2.92 bits per heavy atom. The maximum atomic E-state index is 10.6. The minimum atomic E-state index is -1.06. The third-order valence-corrected chi connectivity index (χ3v) is 1.78. The summed E-state index contributed by atoms with van der Waals surface area (Å²) in [5.74, 6) is -1.11. The number of aryl methyl sites for hydroxylation is 1. The molecule has 0 atom stereocenters. The van der Waals surface area contributed by atoms with Gasteiger partial charge in [-0.3, -0.25) is 4.98 Å². The molecule has 2 N–H and O–H groups in total. The van der Waals surface area contributed by atoms with Crippen LogP contribution in [-0.2, 0) is 0 Å². The van der Waals surface area contributed by atoms with Crippen molar-refractivity contribution in [1.29, 1.82) is 0 Å². The molecule has 0 aromatic carbocycles. The van der Waals surface area contributed by atoms with Crippen LogP contribution in [0.4, 0.5) is 0 Å². The van der Waals surface area contributed by atoms with Crippen LogP contribution in [0, 0.1) is 6.92 Å². The number of rotatable bonds is 1. The van der Waals surface area contributed by atoms with Gasteiger partial charge in [-0.25, -0.2) is 9.78 Å². The Kier molecular flexibility index (Phi) is 1.51. The van der Waals surface area contributed by atoms with E-state index in [1.165, 1.54) is 0 Å². The predicted molar refractivity (Wildman–Crippen MR) is 45.6 cm³/mol. The molecule has 0 fully saturated rings. The average molecular weight is 177 g/mol. The van der Waals surface area contributed by atoms with Crippen LogP contribution < -0.4 is 0 Å². The van der Waals surface area contributed by atoms with E-state index in [0.717, 1.165) is 5.56 Å². The summed E-state index contributed by atoms with van der Waals surface area (Å²) >= 11 is 0. The maximum absolute atomic E-state index is 10.6. The van der Waals surface area contributed by atoms with Crippen LogP contribution in [-0.4, -0.2) is 26.0 Å². The van der Waals surface area contributed by atoms with Gasteiger partial charge in [0.25, 0.3) is 0 Å². The molecule has 0 aliphatic rings. The summed E-state index contributed by atoms with van der Waals surface area (Å²) in [6, 6.07) is 0. The first-order valence-electron chi connectivity index (χ1n) is 3.72. The zero-order valence-corrected chi connectivity index (χ0v) is 6.90. The number of hydrogen-bond donors (Lipinski definition) is 2. The number of fused-ring (bicyclic) bond motifs is 1. The Morgan fingerprint density at radius 1 is 1.54 bits per heavy atom. The lowest BCUT2D eigenvalue weighted by Crippen LogP contribution is -1.97. The lowest BCUT2D eigenvalue weighted by molar-refractivity contribution is 0.0685. The quantitative estimate of drug-likeness (QED) is 0.680. The largest absolute Gasteiger partial charge is 0.475 e. The van der Waals surface area contributed by atoms with Crippen LogP contribution in [0.25, 0.3) is 11.0 Å². The summed E-state index contributed by atoms with van der Waals surface area (Å²) in [5.41, 5.74) is 2.17. The van der Waals surface area contributed by atoms with Crippen molar-refractivity contribution in [2.24, 2.45) is 0 Å². The highest BCUT2D eigenvalue weighted by molar-refractivity contribution is 5.89. The zero-order valence-electron chi connectivity index (χ0n) is 6.90. The molecule has 0 aliphatic heterocycles. The van der Waals surface area contributed by atoms with Gasteiger partial charge >= 0.3 is 5.97 Å². The monoisotopic (exact) mass is 177 g/mol. The highest BCUT2D eigenvalue weighted by Crippen LogP contribution is 2.13. The van der Waals surface area contributed by atoms with Gasteiger partial charge in [0.2, 0.25) is 5.82 Å². The standard InChI is InChI=1S/C8H7N3O2/c1-4-2-9-3-5-6(4)11-7(10-5)8(12)13/h2-3H,1H3,(H,10,11)(H,12,13). The number of aromatic carboxylic acids is 1. The van der Waals surface area contributed by atoms with Crippen LogP contribution in [0.1, 0.15) is 16.2 Å². The molecule has 2 aromatic heterocycles. The third kappa shape index (κ3) is 1.14. The van der Waals surface area contributed by atoms with E-state index in [1.54, 1.807) is 12.4 Å². The first-order chi connectivity index (χ1) is 6.18. The second-order valence-corrected chi connectivity index (χ2v) is 2.74. The molecule has 5 heteroatoms. The molecule has 13 heavy (non-hydrogen) atoms. The molecule has 2 heterocycles. The first-order valence-corrected chi connectivity index (χ1v) is 3.72. The number of imidazole rings is 1. The van der Waals surface area contributed by atoms with E-state index in [1.807, 2.05) is 6.92 Å². The number of aromatic amines is 1.